The van der Waals surface area contributed by atoms with E-state index in [0.717, 1.165) is 15.7 Å². The van der Waals surface area contributed by atoms with Gasteiger partial charge in [0.15, 0.2) is 11.6 Å². The van der Waals surface area contributed by atoms with E-state index in [1.165, 1.54) is 0 Å². The van der Waals surface area contributed by atoms with Crippen molar-refractivity contribution < 1.29 is 9.32 Å². The summed E-state index contributed by atoms with van der Waals surface area (Å²) in [6.07, 6.45) is 4.07. The number of hydrogen-bond donors (Lipinski definition) is 2. The Kier molecular flexibility index (Phi) is 4.84. The number of imidazole rings is 1. The van der Waals surface area contributed by atoms with Crippen molar-refractivity contribution in [3.8, 4) is 11.5 Å². The van der Waals surface area contributed by atoms with Gasteiger partial charge < -0.3 is 14.2 Å². The molecule has 0 unspecified atom stereocenters. The molecule has 0 spiro atoms. The fraction of sp³-hybridized carbons (Fsp3) is 0.111. The maximum absolute atomic E-state index is 12.0. The van der Waals surface area contributed by atoms with Gasteiger partial charge >= 0.3 is 6.03 Å². The Balaban J connectivity index is 1.30. The number of fused-ring (bicyclic) bond motifs is 1. The molecule has 0 aliphatic heterocycles. The van der Waals surface area contributed by atoms with Gasteiger partial charge in [0.25, 0.3) is 5.89 Å². The van der Waals surface area contributed by atoms with Crippen molar-refractivity contribution in [2.75, 3.05) is 11.9 Å². The fourth-order valence-corrected chi connectivity index (χ4v) is 2.88. The standard InChI is InChI=1S/C18H15BrN6O2/c19-13-6-7-16-21-15(11-25(16)10-13)23-18(26)20-9-8-14-22-17(27-24-14)12-4-2-1-3-5-12/h1-7,10-11H,8-9H2,(H2,20,23,26). The number of nitrogens with zero attached hydrogens (tertiary/aromatic N) is 4. The summed E-state index contributed by atoms with van der Waals surface area (Å²) in [4.78, 5) is 20.7. The number of hydrogen-bond acceptors (Lipinski definition) is 5. The van der Waals surface area contributed by atoms with Gasteiger partial charge in [-0.15, -0.1) is 0 Å². The Morgan fingerprint density at radius 2 is 1.96 bits per heavy atom. The smallest absolute Gasteiger partial charge is 0.320 e. The second kappa shape index (κ2) is 7.58. The summed E-state index contributed by atoms with van der Waals surface area (Å²) in [5.74, 6) is 1.47. The van der Waals surface area contributed by atoms with Crippen LogP contribution in [0.1, 0.15) is 5.82 Å². The van der Waals surface area contributed by atoms with Gasteiger partial charge in [-0.05, 0) is 40.2 Å². The molecule has 9 heteroatoms. The van der Waals surface area contributed by atoms with Crippen LogP contribution in [0.3, 0.4) is 0 Å². The molecule has 3 aromatic heterocycles. The molecule has 4 aromatic rings. The van der Waals surface area contributed by atoms with E-state index in [4.69, 9.17) is 4.52 Å². The number of amides is 2. The van der Waals surface area contributed by atoms with Gasteiger partial charge in [0.2, 0.25) is 0 Å². The first-order valence-electron chi connectivity index (χ1n) is 8.24. The molecule has 0 radical (unpaired) electrons. The summed E-state index contributed by atoms with van der Waals surface area (Å²) in [6, 6.07) is 12.9. The molecule has 3 heterocycles. The highest BCUT2D eigenvalue weighted by molar-refractivity contribution is 9.10. The summed E-state index contributed by atoms with van der Waals surface area (Å²) in [5.41, 5.74) is 1.61. The van der Waals surface area contributed by atoms with Crippen LogP contribution in [0.4, 0.5) is 10.6 Å². The van der Waals surface area contributed by atoms with Crippen LogP contribution in [0.5, 0.6) is 0 Å². The van der Waals surface area contributed by atoms with Crippen molar-refractivity contribution in [1.29, 1.82) is 0 Å². The lowest BCUT2D eigenvalue weighted by Crippen LogP contribution is -2.30. The SMILES string of the molecule is O=C(NCCc1noc(-c2ccccc2)n1)Nc1cn2cc(Br)ccc2n1. The first-order chi connectivity index (χ1) is 13.2. The van der Waals surface area contributed by atoms with Gasteiger partial charge in [-0.1, -0.05) is 23.4 Å². The third-order valence-corrected chi connectivity index (χ3v) is 4.25. The first kappa shape index (κ1) is 17.2. The highest BCUT2D eigenvalue weighted by Gasteiger charge is 2.10. The summed E-state index contributed by atoms with van der Waals surface area (Å²) >= 11 is 3.40. The largest absolute Gasteiger partial charge is 0.337 e. The first-order valence-corrected chi connectivity index (χ1v) is 9.04. The average Bonchev–Trinajstić information content (AvgIpc) is 3.28. The molecule has 0 fully saturated rings. The Bertz CT molecular complexity index is 1080. The van der Waals surface area contributed by atoms with Gasteiger partial charge in [-0.25, -0.2) is 9.78 Å². The van der Waals surface area contributed by atoms with Crippen LogP contribution in [0, 0.1) is 0 Å². The summed E-state index contributed by atoms with van der Waals surface area (Å²) in [5, 5.41) is 9.39. The second-order valence-corrected chi connectivity index (χ2v) is 6.67. The molecule has 27 heavy (non-hydrogen) atoms. The third-order valence-electron chi connectivity index (χ3n) is 3.78. The molecule has 0 bridgehead atoms. The zero-order valence-electron chi connectivity index (χ0n) is 14.1. The summed E-state index contributed by atoms with van der Waals surface area (Å²) in [7, 11) is 0. The molecule has 0 atom stereocenters. The van der Waals surface area contributed by atoms with Crippen molar-refractivity contribution >= 4 is 33.4 Å². The van der Waals surface area contributed by atoms with Gasteiger partial charge in [-0.3, -0.25) is 5.32 Å². The molecule has 4 rings (SSSR count). The van der Waals surface area contributed by atoms with Crippen LogP contribution < -0.4 is 10.6 Å². The van der Waals surface area contributed by atoms with E-state index in [0.29, 0.717) is 30.5 Å². The number of urea groups is 1. The number of pyridine rings is 1. The van der Waals surface area contributed by atoms with Gasteiger partial charge in [0.1, 0.15) is 5.65 Å². The van der Waals surface area contributed by atoms with Crippen molar-refractivity contribution in [3.05, 3.63) is 65.2 Å². The Labute approximate surface area is 162 Å². The van der Waals surface area contributed by atoms with Crippen LogP contribution in [0.25, 0.3) is 17.1 Å². The highest BCUT2D eigenvalue weighted by atomic mass is 79.9. The lowest BCUT2D eigenvalue weighted by molar-refractivity contribution is 0.252. The zero-order valence-corrected chi connectivity index (χ0v) is 15.7. The molecule has 8 nitrogen and oxygen atoms in total. The van der Waals surface area contributed by atoms with E-state index in [-0.39, 0.29) is 6.03 Å². The molecule has 0 saturated heterocycles. The number of aromatic nitrogens is 4. The zero-order chi connectivity index (χ0) is 18.6. The topological polar surface area (TPSA) is 97.4 Å². The van der Waals surface area contributed by atoms with E-state index >= 15 is 0 Å². The van der Waals surface area contributed by atoms with Crippen molar-refractivity contribution in [3.63, 3.8) is 0 Å². The molecule has 136 valence electrons. The molecular formula is C18H15BrN6O2. The van der Waals surface area contributed by atoms with E-state index < -0.39 is 0 Å². The van der Waals surface area contributed by atoms with Crippen molar-refractivity contribution in [2.45, 2.75) is 6.42 Å². The van der Waals surface area contributed by atoms with Crippen LogP contribution >= 0.6 is 15.9 Å². The normalized spacial score (nSPS) is 10.9. The maximum Gasteiger partial charge on any atom is 0.320 e. The number of anilines is 1. The lowest BCUT2D eigenvalue weighted by atomic mass is 10.2. The molecule has 2 amide bonds. The number of halogens is 1. The minimum absolute atomic E-state index is 0.343. The number of nitrogens with one attached hydrogen (secondary N) is 2. The maximum atomic E-state index is 12.0. The summed E-state index contributed by atoms with van der Waals surface area (Å²) < 4.78 is 7.99. The molecule has 0 aliphatic rings. The molecular weight excluding hydrogens is 412 g/mol. The van der Waals surface area contributed by atoms with Gasteiger partial charge in [0.05, 0.1) is 6.20 Å². The predicted molar refractivity (Wildman–Crippen MR) is 103 cm³/mol. The van der Waals surface area contributed by atoms with Crippen molar-refractivity contribution in [1.82, 2.24) is 24.8 Å². The van der Waals surface area contributed by atoms with E-state index in [2.05, 4.69) is 41.7 Å². The second-order valence-electron chi connectivity index (χ2n) is 5.75. The van der Waals surface area contributed by atoms with E-state index in [1.54, 1.807) is 6.20 Å². The number of benzene rings is 1. The van der Waals surface area contributed by atoms with Crippen LogP contribution in [0.15, 0.2) is 63.9 Å². The molecule has 0 saturated carbocycles. The lowest BCUT2D eigenvalue weighted by Gasteiger charge is -2.03. The van der Waals surface area contributed by atoms with Crippen LogP contribution in [-0.4, -0.2) is 32.1 Å². The van der Waals surface area contributed by atoms with Gasteiger partial charge in [0, 0.05) is 29.2 Å². The highest BCUT2D eigenvalue weighted by Crippen LogP contribution is 2.16. The van der Waals surface area contributed by atoms with Crippen LogP contribution in [0.2, 0.25) is 0 Å². The average molecular weight is 427 g/mol. The van der Waals surface area contributed by atoms with Crippen molar-refractivity contribution in [2.24, 2.45) is 0 Å². The Morgan fingerprint density at radius 1 is 1.11 bits per heavy atom. The van der Waals surface area contributed by atoms with E-state index in [9.17, 15) is 4.79 Å². The summed E-state index contributed by atoms with van der Waals surface area (Å²) in [6.45, 7) is 0.374. The number of rotatable bonds is 5. The third kappa shape index (κ3) is 4.14. The Morgan fingerprint density at radius 3 is 2.81 bits per heavy atom. The number of carbonyl (C=O) groups is 1. The van der Waals surface area contributed by atoms with E-state index in [1.807, 2.05) is 53.1 Å². The van der Waals surface area contributed by atoms with Crippen LogP contribution in [-0.2, 0) is 6.42 Å². The quantitative estimate of drug-likeness (QED) is 0.508. The monoisotopic (exact) mass is 426 g/mol. The minimum Gasteiger partial charge on any atom is -0.337 e. The molecule has 2 N–H and O–H groups in total. The molecule has 1 aromatic carbocycles. The fourth-order valence-electron chi connectivity index (χ4n) is 2.53. The Hall–Kier alpha value is -3.20. The number of carbonyl (C=O) groups excluding carboxylic acids is 1. The minimum atomic E-state index is -0.343. The predicted octanol–water partition coefficient (Wildman–Crippen LogP) is 3.51. The van der Waals surface area contributed by atoms with Gasteiger partial charge in [-0.2, -0.15) is 4.98 Å². The molecule has 0 aliphatic carbocycles.